The summed E-state index contributed by atoms with van der Waals surface area (Å²) in [6, 6.07) is -4.52. The van der Waals surface area contributed by atoms with Gasteiger partial charge in [0, 0.05) is 13.1 Å². The molecule has 0 rings (SSSR count). The lowest BCUT2D eigenvalue weighted by atomic mass is 10.2. The lowest BCUT2D eigenvalue weighted by Gasteiger charge is -2.19. The van der Waals surface area contributed by atoms with Crippen LogP contribution in [0.5, 0.6) is 0 Å². The molecule has 0 aromatic carbocycles. The van der Waals surface area contributed by atoms with E-state index in [9.17, 15) is 38.4 Å². The van der Waals surface area contributed by atoms with Crippen molar-refractivity contribution >= 4 is 59.3 Å². The lowest BCUT2D eigenvalue weighted by molar-refractivity contribution is -0.171. The topological polar surface area (TPSA) is 360 Å². The highest BCUT2D eigenvalue weighted by atomic mass is 16.7. The quantitative estimate of drug-likeness (QED) is 0.00502. The number of nitrogens with zero attached hydrogens (tertiary/aromatic N) is 2. The van der Waals surface area contributed by atoms with Gasteiger partial charge in [0.1, 0.15) is 49.6 Å². The second kappa shape index (κ2) is 29.3. The Morgan fingerprint density at radius 3 is 1.39 bits per heavy atom. The molecule has 0 aliphatic rings. The molecule has 0 saturated carbocycles. The number of esters is 4. The normalized spacial score (nSPS) is 12.5. The number of carbonyl (C=O) groups excluding carboxylic acids is 8. The molecule has 4 atom stereocenters. The Kier molecular flexibility index (Phi) is 26.1. The van der Waals surface area contributed by atoms with E-state index in [-0.39, 0.29) is 70.7 Å². The summed E-state index contributed by atoms with van der Waals surface area (Å²) >= 11 is 0. The maximum absolute atomic E-state index is 12.9. The SMILES string of the molecule is C=CCC(NC)C(=O)OCCOCCOC(=O)C(CC=C)NC(=O)CC(=O)NC(CCN=C(N)N)C(=O)OCOC(=O)C(CCN=C(N)N)NC(=O)CC(C)=O. The fourth-order valence-corrected chi connectivity index (χ4v) is 4.18. The summed E-state index contributed by atoms with van der Waals surface area (Å²) in [7, 11) is 1.61. The number of nitrogens with one attached hydrogen (secondary N) is 4. The molecule has 0 radical (unpaired) electrons. The summed E-state index contributed by atoms with van der Waals surface area (Å²) < 4.78 is 25.5. The molecular formula is C33H54N10O13. The van der Waals surface area contributed by atoms with E-state index in [4.69, 9.17) is 46.6 Å². The van der Waals surface area contributed by atoms with Crippen LogP contribution in [0.2, 0.25) is 0 Å². The van der Waals surface area contributed by atoms with Gasteiger partial charge in [-0.1, -0.05) is 12.2 Å². The van der Waals surface area contributed by atoms with Crippen molar-refractivity contribution in [1.29, 1.82) is 0 Å². The number of hydrogen-bond acceptors (Lipinski definition) is 16. The molecule has 0 fully saturated rings. The second-order valence-electron chi connectivity index (χ2n) is 11.5. The zero-order valence-electron chi connectivity index (χ0n) is 31.6. The molecule has 0 bridgehead atoms. The maximum atomic E-state index is 12.9. The van der Waals surface area contributed by atoms with Crippen molar-refractivity contribution in [2.45, 2.75) is 69.6 Å². The van der Waals surface area contributed by atoms with Crippen molar-refractivity contribution < 1.29 is 62.0 Å². The van der Waals surface area contributed by atoms with Gasteiger partial charge >= 0.3 is 23.9 Å². The van der Waals surface area contributed by atoms with E-state index in [1.54, 1.807) is 13.1 Å². The molecule has 3 amide bonds. The molecule has 56 heavy (non-hydrogen) atoms. The largest absolute Gasteiger partial charge is 0.462 e. The number of guanidine groups is 2. The molecule has 23 nitrogen and oxygen atoms in total. The van der Waals surface area contributed by atoms with E-state index >= 15 is 0 Å². The maximum Gasteiger partial charge on any atom is 0.331 e. The van der Waals surface area contributed by atoms with Crippen LogP contribution in [0.15, 0.2) is 35.3 Å². The van der Waals surface area contributed by atoms with Gasteiger partial charge in [-0.3, -0.25) is 34.0 Å². The van der Waals surface area contributed by atoms with Gasteiger partial charge in [-0.25, -0.2) is 14.4 Å². The van der Waals surface area contributed by atoms with Crippen LogP contribution in [0, 0.1) is 0 Å². The molecule has 4 unspecified atom stereocenters. The monoisotopic (exact) mass is 798 g/mol. The zero-order valence-corrected chi connectivity index (χ0v) is 31.6. The molecule has 23 heteroatoms. The van der Waals surface area contributed by atoms with Gasteiger partial charge in [-0.2, -0.15) is 0 Å². The smallest absolute Gasteiger partial charge is 0.331 e. The van der Waals surface area contributed by atoms with Crippen LogP contribution in [-0.4, -0.2) is 137 Å². The Morgan fingerprint density at radius 1 is 0.589 bits per heavy atom. The van der Waals surface area contributed by atoms with Crippen LogP contribution in [0.3, 0.4) is 0 Å². The average Bonchev–Trinajstić information content (AvgIpc) is 3.11. The summed E-state index contributed by atoms with van der Waals surface area (Å²) in [6.45, 7) is 6.81. The Balaban J connectivity index is 5.16. The minimum atomic E-state index is -1.45. The number of nitrogens with two attached hydrogens (primary N) is 4. The Hall–Kier alpha value is -6.10. The standard InChI is InChI=1S/C33H54N10O13/c1-5-7-21(38-4)28(48)53-15-13-52-14-16-54-29(49)22(8-6-2)41-26(46)18-27(47)43-24(10-12-40-33(36)37)31(51)56-19-55-30(50)23(9-11-39-32(34)35)42-25(45)17-20(3)44/h5-6,21-24,38H,1-2,7-19H2,3-4H3,(H,41,46)(H,42,45)(H,43,47)(H4,34,35,39)(H4,36,37,40). The van der Waals surface area contributed by atoms with Gasteiger partial charge in [0.2, 0.25) is 24.5 Å². The minimum absolute atomic E-state index is 0.0340. The van der Waals surface area contributed by atoms with Crippen LogP contribution in [0.1, 0.15) is 45.4 Å². The molecule has 0 aromatic rings. The Morgan fingerprint density at radius 2 is 0.982 bits per heavy atom. The highest BCUT2D eigenvalue weighted by Gasteiger charge is 2.27. The first-order valence-electron chi connectivity index (χ1n) is 17.2. The van der Waals surface area contributed by atoms with Crippen molar-refractivity contribution in [2.75, 3.05) is 53.4 Å². The third-order valence-corrected chi connectivity index (χ3v) is 6.80. The van der Waals surface area contributed by atoms with Crippen LogP contribution in [0.25, 0.3) is 0 Å². The number of likely N-dealkylation sites (N-methyl/N-ethyl adjacent to an activating group) is 1. The van der Waals surface area contributed by atoms with Crippen molar-refractivity contribution in [3.8, 4) is 0 Å². The Bertz CT molecular complexity index is 1420. The summed E-state index contributed by atoms with van der Waals surface area (Å²) in [5, 5.41) is 9.76. The first kappa shape index (κ1) is 49.9. The summed E-state index contributed by atoms with van der Waals surface area (Å²) in [5.41, 5.74) is 21.2. The fraction of sp³-hybridized carbons (Fsp3) is 0.576. The molecule has 0 aliphatic carbocycles. The van der Waals surface area contributed by atoms with E-state index in [1.807, 2.05) is 0 Å². The van der Waals surface area contributed by atoms with Gasteiger partial charge < -0.3 is 67.9 Å². The number of ether oxygens (including phenoxy) is 5. The number of hydrogen-bond donors (Lipinski definition) is 8. The van der Waals surface area contributed by atoms with E-state index < -0.39 is 91.2 Å². The van der Waals surface area contributed by atoms with E-state index in [0.717, 1.165) is 0 Å². The molecule has 314 valence electrons. The summed E-state index contributed by atoms with van der Waals surface area (Å²) in [5.74, 6) is -7.20. The Labute approximate surface area is 323 Å². The predicted molar refractivity (Wildman–Crippen MR) is 199 cm³/mol. The third-order valence-electron chi connectivity index (χ3n) is 6.80. The highest BCUT2D eigenvalue weighted by molar-refractivity contribution is 6.00. The number of Topliss-reactive ketones (excluding diaryl/α,β-unsaturated/α-hetero) is 1. The average molecular weight is 799 g/mol. The van der Waals surface area contributed by atoms with Crippen LogP contribution in [-0.2, 0) is 62.0 Å². The number of aliphatic imine (C=N–C) groups is 2. The van der Waals surface area contributed by atoms with Crippen LogP contribution in [0.4, 0.5) is 0 Å². The van der Waals surface area contributed by atoms with Gasteiger partial charge in [0.05, 0.1) is 19.6 Å². The van der Waals surface area contributed by atoms with Gasteiger partial charge in [-0.15, -0.1) is 13.2 Å². The van der Waals surface area contributed by atoms with E-state index in [2.05, 4.69) is 44.4 Å². The van der Waals surface area contributed by atoms with E-state index in [0.29, 0.717) is 6.42 Å². The van der Waals surface area contributed by atoms with Gasteiger partial charge in [-0.05, 0) is 39.7 Å². The molecule has 12 N–H and O–H groups in total. The molecule has 0 spiro atoms. The lowest BCUT2D eigenvalue weighted by Crippen LogP contribution is -2.47. The highest BCUT2D eigenvalue weighted by Crippen LogP contribution is 2.04. The van der Waals surface area contributed by atoms with Gasteiger partial charge in [0.15, 0.2) is 11.9 Å². The second-order valence-corrected chi connectivity index (χ2v) is 11.5. The molecule has 0 saturated heterocycles. The number of ketones is 1. The first-order valence-corrected chi connectivity index (χ1v) is 17.2. The minimum Gasteiger partial charge on any atom is -0.462 e. The number of carbonyl (C=O) groups is 8. The molecular weight excluding hydrogens is 744 g/mol. The third kappa shape index (κ3) is 24.3. The predicted octanol–water partition coefficient (Wildman–Crippen LogP) is -3.98. The molecule has 0 heterocycles. The van der Waals surface area contributed by atoms with Crippen molar-refractivity contribution in [3.63, 3.8) is 0 Å². The van der Waals surface area contributed by atoms with Crippen molar-refractivity contribution in [3.05, 3.63) is 25.3 Å². The molecule has 0 aliphatic heterocycles. The fourth-order valence-electron chi connectivity index (χ4n) is 4.18. The van der Waals surface area contributed by atoms with Crippen molar-refractivity contribution in [1.82, 2.24) is 21.3 Å². The number of amides is 3. The van der Waals surface area contributed by atoms with Crippen LogP contribution >= 0.6 is 0 Å². The molecule has 0 aromatic heterocycles. The summed E-state index contributed by atoms with van der Waals surface area (Å²) in [6.07, 6.45) is 1.54. The van der Waals surface area contributed by atoms with Gasteiger partial charge in [0.25, 0.3) is 0 Å². The van der Waals surface area contributed by atoms with Crippen LogP contribution < -0.4 is 44.2 Å². The first-order chi connectivity index (χ1) is 26.5. The summed E-state index contributed by atoms with van der Waals surface area (Å²) in [4.78, 5) is 106. The number of rotatable bonds is 30. The van der Waals surface area contributed by atoms with E-state index in [1.165, 1.54) is 13.0 Å². The zero-order chi connectivity index (χ0) is 42.5. The van der Waals surface area contributed by atoms with Crippen molar-refractivity contribution in [2.24, 2.45) is 32.9 Å².